The van der Waals surface area contributed by atoms with E-state index in [1.54, 1.807) is 4.90 Å². The molecule has 2 aliphatic heterocycles. The third kappa shape index (κ3) is 1.82. The number of carbonyl (C=O) groups is 2. The molecule has 1 saturated carbocycles. The highest BCUT2D eigenvalue weighted by Gasteiger charge is 2.53. The monoisotopic (exact) mass is 237 g/mol. The van der Waals surface area contributed by atoms with Gasteiger partial charge in [0.25, 0.3) is 5.91 Å². The van der Waals surface area contributed by atoms with Crippen LogP contribution in [0.1, 0.15) is 25.7 Å². The van der Waals surface area contributed by atoms with Gasteiger partial charge < -0.3 is 10.0 Å². The standard InChI is InChI=1S/C11H15N3O3/c15-9-4-3-8(12-13-9)10(16)14-5-11(17,6-14)7-1-2-7/h7,17H,1-6H2,(H,13,15). The molecule has 0 atom stereocenters. The Labute approximate surface area is 98.7 Å². The number of carbonyl (C=O) groups excluding carboxylic acids is 2. The summed E-state index contributed by atoms with van der Waals surface area (Å²) < 4.78 is 0. The topological polar surface area (TPSA) is 82.0 Å². The van der Waals surface area contributed by atoms with E-state index in [4.69, 9.17) is 0 Å². The van der Waals surface area contributed by atoms with Crippen molar-refractivity contribution in [2.75, 3.05) is 13.1 Å². The van der Waals surface area contributed by atoms with Gasteiger partial charge >= 0.3 is 0 Å². The third-order valence-corrected chi connectivity index (χ3v) is 3.71. The van der Waals surface area contributed by atoms with E-state index in [0.29, 0.717) is 37.6 Å². The zero-order chi connectivity index (χ0) is 12.0. The lowest BCUT2D eigenvalue weighted by atomic mass is 9.88. The normalized spacial score (nSPS) is 27.0. The molecule has 2 heterocycles. The molecule has 0 aromatic rings. The molecule has 1 saturated heterocycles. The number of hydrogen-bond donors (Lipinski definition) is 2. The fourth-order valence-electron chi connectivity index (χ4n) is 2.45. The van der Waals surface area contributed by atoms with Gasteiger partial charge in [0.1, 0.15) is 11.3 Å². The zero-order valence-corrected chi connectivity index (χ0v) is 9.48. The molecule has 0 aromatic carbocycles. The van der Waals surface area contributed by atoms with Crippen molar-refractivity contribution in [2.45, 2.75) is 31.3 Å². The minimum Gasteiger partial charge on any atom is -0.386 e. The molecule has 0 spiro atoms. The second-order valence-electron chi connectivity index (χ2n) is 5.13. The van der Waals surface area contributed by atoms with Gasteiger partial charge in [-0.2, -0.15) is 5.10 Å². The molecule has 0 radical (unpaired) electrons. The number of amides is 2. The van der Waals surface area contributed by atoms with Gasteiger partial charge in [0, 0.05) is 12.8 Å². The Morgan fingerprint density at radius 3 is 2.65 bits per heavy atom. The first-order valence-electron chi connectivity index (χ1n) is 5.95. The molecule has 17 heavy (non-hydrogen) atoms. The van der Waals surface area contributed by atoms with Gasteiger partial charge in [-0.3, -0.25) is 9.59 Å². The van der Waals surface area contributed by atoms with Crippen molar-refractivity contribution in [2.24, 2.45) is 11.0 Å². The van der Waals surface area contributed by atoms with Crippen molar-refractivity contribution in [3.63, 3.8) is 0 Å². The minimum absolute atomic E-state index is 0.153. The van der Waals surface area contributed by atoms with Crippen LogP contribution in [0.15, 0.2) is 5.10 Å². The lowest BCUT2D eigenvalue weighted by Crippen LogP contribution is -2.66. The average molecular weight is 237 g/mol. The Kier molecular flexibility index (Phi) is 2.22. The number of nitrogens with zero attached hydrogens (tertiary/aromatic N) is 2. The summed E-state index contributed by atoms with van der Waals surface area (Å²) in [6, 6.07) is 0. The van der Waals surface area contributed by atoms with Crippen LogP contribution >= 0.6 is 0 Å². The summed E-state index contributed by atoms with van der Waals surface area (Å²) in [4.78, 5) is 24.5. The number of β-amino-alcohol motifs (C(OH)–C–C–N with tert-alkyl or cyclic N) is 1. The molecular formula is C11H15N3O3. The van der Waals surface area contributed by atoms with Crippen LogP contribution in [0, 0.1) is 5.92 Å². The van der Waals surface area contributed by atoms with E-state index in [-0.39, 0.29) is 11.8 Å². The fourth-order valence-corrected chi connectivity index (χ4v) is 2.45. The summed E-state index contributed by atoms with van der Waals surface area (Å²) in [5, 5.41) is 13.9. The van der Waals surface area contributed by atoms with Crippen LogP contribution in [0.4, 0.5) is 0 Å². The third-order valence-electron chi connectivity index (χ3n) is 3.71. The number of likely N-dealkylation sites (tertiary alicyclic amines) is 1. The molecule has 2 N–H and O–H groups in total. The van der Waals surface area contributed by atoms with Crippen LogP contribution in [0.2, 0.25) is 0 Å². The Morgan fingerprint density at radius 1 is 1.41 bits per heavy atom. The molecule has 0 unspecified atom stereocenters. The molecule has 1 aliphatic carbocycles. The first-order valence-corrected chi connectivity index (χ1v) is 5.95. The van der Waals surface area contributed by atoms with Crippen LogP contribution in [0.3, 0.4) is 0 Å². The second-order valence-corrected chi connectivity index (χ2v) is 5.13. The number of nitrogens with one attached hydrogen (secondary N) is 1. The van der Waals surface area contributed by atoms with Crippen LogP contribution in [-0.4, -0.2) is 46.2 Å². The van der Waals surface area contributed by atoms with Crippen molar-refractivity contribution in [1.82, 2.24) is 10.3 Å². The summed E-state index contributed by atoms with van der Waals surface area (Å²) in [7, 11) is 0. The van der Waals surface area contributed by atoms with E-state index in [1.807, 2.05) is 0 Å². The zero-order valence-electron chi connectivity index (χ0n) is 9.48. The van der Waals surface area contributed by atoms with Gasteiger partial charge in [-0.1, -0.05) is 0 Å². The highest BCUT2D eigenvalue weighted by molar-refractivity contribution is 6.39. The van der Waals surface area contributed by atoms with Crippen LogP contribution in [0.25, 0.3) is 0 Å². The molecule has 0 aromatic heterocycles. The van der Waals surface area contributed by atoms with Crippen molar-refractivity contribution >= 4 is 17.5 Å². The summed E-state index contributed by atoms with van der Waals surface area (Å²) >= 11 is 0. The van der Waals surface area contributed by atoms with Gasteiger partial charge in [-0.15, -0.1) is 0 Å². The molecule has 6 nitrogen and oxygen atoms in total. The average Bonchev–Trinajstić information content (AvgIpc) is 3.09. The van der Waals surface area contributed by atoms with E-state index < -0.39 is 5.60 Å². The van der Waals surface area contributed by atoms with Gasteiger partial charge in [0.15, 0.2) is 0 Å². The summed E-state index contributed by atoms with van der Waals surface area (Å²) in [5.41, 5.74) is 2.04. The lowest BCUT2D eigenvalue weighted by molar-refractivity contribution is -0.152. The lowest BCUT2D eigenvalue weighted by Gasteiger charge is -2.47. The maximum absolute atomic E-state index is 12.0. The molecule has 3 rings (SSSR count). The molecule has 2 amide bonds. The van der Waals surface area contributed by atoms with Gasteiger partial charge in [0.05, 0.1) is 13.1 Å². The largest absolute Gasteiger partial charge is 0.386 e. The first kappa shape index (κ1) is 10.7. The van der Waals surface area contributed by atoms with E-state index in [2.05, 4.69) is 10.5 Å². The molecule has 2 fully saturated rings. The summed E-state index contributed by atoms with van der Waals surface area (Å²) in [6.45, 7) is 0.812. The van der Waals surface area contributed by atoms with Gasteiger partial charge in [0.2, 0.25) is 5.91 Å². The van der Waals surface area contributed by atoms with Crippen LogP contribution < -0.4 is 5.43 Å². The highest BCUT2D eigenvalue weighted by Crippen LogP contribution is 2.44. The van der Waals surface area contributed by atoms with E-state index >= 15 is 0 Å². The summed E-state index contributed by atoms with van der Waals surface area (Å²) in [6.07, 6.45) is 2.83. The Bertz CT molecular complexity index is 408. The van der Waals surface area contributed by atoms with Crippen LogP contribution in [-0.2, 0) is 9.59 Å². The Morgan fingerprint density at radius 2 is 2.12 bits per heavy atom. The number of aliphatic hydroxyl groups is 1. The predicted molar refractivity (Wildman–Crippen MR) is 59.1 cm³/mol. The molecular weight excluding hydrogens is 222 g/mol. The highest BCUT2D eigenvalue weighted by atomic mass is 16.3. The van der Waals surface area contributed by atoms with E-state index in [0.717, 1.165) is 12.8 Å². The SMILES string of the molecule is O=C1CCC(C(=O)N2CC(O)(C3CC3)C2)=NN1. The van der Waals surface area contributed by atoms with Crippen molar-refractivity contribution in [3.05, 3.63) is 0 Å². The molecule has 92 valence electrons. The van der Waals surface area contributed by atoms with Gasteiger partial charge in [-0.25, -0.2) is 5.43 Å². The maximum Gasteiger partial charge on any atom is 0.270 e. The number of hydrazone groups is 1. The smallest absolute Gasteiger partial charge is 0.270 e. The van der Waals surface area contributed by atoms with Crippen molar-refractivity contribution < 1.29 is 14.7 Å². The molecule has 6 heteroatoms. The Hall–Kier alpha value is -1.43. The first-order chi connectivity index (χ1) is 8.08. The summed E-state index contributed by atoms with van der Waals surface area (Å²) in [5.74, 6) is 0.0644. The number of hydrogen-bond acceptors (Lipinski definition) is 4. The molecule has 0 bridgehead atoms. The van der Waals surface area contributed by atoms with Crippen molar-refractivity contribution in [3.8, 4) is 0 Å². The van der Waals surface area contributed by atoms with E-state index in [1.165, 1.54) is 0 Å². The quantitative estimate of drug-likeness (QED) is 0.662. The molecule has 3 aliphatic rings. The van der Waals surface area contributed by atoms with Crippen LogP contribution in [0.5, 0.6) is 0 Å². The number of rotatable bonds is 2. The predicted octanol–water partition coefficient (Wildman–Crippen LogP) is -0.764. The maximum atomic E-state index is 12.0. The van der Waals surface area contributed by atoms with E-state index in [9.17, 15) is 14.7 Å². The van der Waals surface area contributed by atoms with Gasteiger partial charge in [-0.05, 0) is 18.8 Å². The second kappa shape index (κ2) is 3.53. The Balaban J connectivity index is 1.59. The minimum atomic E-state index is -0.659. The fraction of sp³-hybridized carbons (Fsp3) is 0.727. The van der Waals surface area contributed by atoms with Crippen molar-refractivity contribution in [1.29, 1.82) is 0 Å².